The fraction of sp³-hybridized carbons (Fsp3) is 0.0476. The lowest BCUT2D eigenvalue weighted by molar-refractivity contribution is -0.384. The number of hydrogen-bond acceptors (Lipinski definition) is 7. The molecule has 3 N–H and O–H groups in total. The van der Waals surface area contributed by atoms with E-state index in [0.717, 1.165) is 30.3 Å². The number of rotatable bonds is 7. The van der Waals surface area contributed by atoms with Crippen LogP contribution in [0.15, 0.2) is 71.6 Å². The van der Waals surface area contributed by atoms with Gasteiger partial charge in [0, 0.05) is 23.3 Å². The van der Waals surface area contributed by atoms with Gasteiger partial charge in [0.05, 0.1) is 22.6 Å². The van der Waals surface area contributed by atoms with Gasteiger partial charge in [0.1, 0.15) is 11.6 Å². The SMILES string of the molecule is COc1ccc([N+](=O)[O-])cc1NS(=O)(=O)c1cccc(C(=O)NNC(=O)c2ccc(F)cc2)c1. The van der Waals surface area contributed by atoms with E-state index >= 15 is 0 Å². The van der Waals surface area contributed by atoms with E-state index in [1.165, 1.54) is 43.5 Å². The summed E-state index contributed by atoms with van der Waals surface area (Å²) < 4.78 is 45.9. The smallest absolute Gasteiger partial charge is 0.271 e. The molecule has 0 saturated heterocycles. The van der Waals surface area contributed by atoms with Crippen LogP contribution in [0.2, 0.25) is 0 Å². The Morgan fingerprint density at radius 1 is 0.941 bits per heavy atom. The summed E-state index contributed by atoms with van der Waals surface area (Å²) in [4.78, 5) is 34.4. The van der Waals surface area contributed by atoms with Gasteiger partial charge in [-0.1, -0.05) is 6.07 Å². The molecule has 2 amide bonds. The topological polar surface area (TPSA) is 157 Å². The molecule has 0 saturated carbocycles. The van der Waals surface area contributed by atoms with Crippen LogP contribution in [0.5, 0.6) is 5.75 Å². The number of hydrazine groups is 1. The van der Waals surface area contributed by atoms with Gasteiger partial charge in [-0.05, 0) is 48.5 Å². The molecule has 0 unspecified atom stereocenters. The van der Waals surface area contributed by atoms with Crippen molar-refractivity contribution in [2.45, 2.75) is 4.90 Å². The molecule has 0 atom stereocenters. The van der Waals surface area contributed by atoms with Crippen LogP contribution >= 0.6 is 0 Å². The van der Waals surface area contributed by atoms with Crippen molar-refractivity contribution in [2.75, 3.05) is 11.8 Å². The highest BCUT2D eigenvalue weighted by molar-refractivity contribution is 7.92. The van der Waals surface area contributed by atoms with Gasteiger partial charge in [0.15, 0.2) is 0 Å². The molecule has 0 bridgehead atoms. The lowest BCUT2D eigenvalue weighted by atomic mass is 10.2. The molecule has 0 fully saturated rings. The second-order valence-electron chi connectivity index (χ2n) is 6.69. The normalized spacial score (nSPS) is 10.8. The molecule has 34 heavy (non-hydrogen) atoms. The predicted molar refractivity (Wildman–Crippen MR) is 118 cm³/mol. The number of hydrogen-bond donors (Lipinski definition) is 3. The Hall–Kier alpha value is -4.52. The number of amides is 2. The first-order chi connectivity index (χ1) is 16.1. The molecule has 11 nitrogen and oxygen atoms in total. The van der Waals surface area contributed by atoms with E-state index in [0.29, 0.717) is 0 Å². The number of sulfonamides is 1. The zero-order valence-corrected chi connectivity index (χ0v) is 18.3. The molecule has 0 aliphatic heterocycles. The Morgan fingerprint density at radius 3 is 2.21 bits per heavy atom. The third-order valence-corrected chi connectivity index (χ3v) is 5.80. The van der Waals surface area contributed by atoms with Gasteiger partial charge in [-0.3, -0.25) is 35.3 Å². The number of benzene rings is 3. The third-order valence-electron chi connectivity index (χ3n) is 4.44. The number of methoxy groups -OCH3 is 1. The molecule has 0 aromatic heterocycles. The van der Waals surface area contributed by atoms with E-state index in [-0.39, 0.29) is 33.1 Å². The summed E-state index contributed by atoms with van der Waals surface area (Å²) in [5.41, 5.74) is 3.74. The van der Waals surface area contributed by atoms with E-state index in [1.807, 2.05) is 0 Å². The maximum absolute atomic E-state index is 13.0. The minimum atomic E-state index is -4.28. The summed E-state index contributed by atoms with van der Waals surface area (Å²) in [6, 6.07) is 12.9. The van der Waals surface area contributed by atoms with Gasteiger partial charge < -0.3 is 4.74 Å². The zero-order valence-electron chi connectivity index (χ0n) is 17.4. The van der Waals surface area contributed by atoms with Crippen molar-refractivity contribution in [3.8, 4) is 5.75 Å². The quantitative estimate of drug-likeness (QED) is 0.341. The predicted octanol–water partition coefficient (Wildman–Crippen LogP) is 2.62. The minimum Gasteiger partial charge on any atom is -0.495 e. The van der Waals surface area contributed by atoms with Crippen LogP contribution in [0.1, 0.15) is 20.7 Å². The first-order valence-corrected chi connectivity index (χ1v) is 10.9. The Balaban J connectivity index is 1.77. The van der Waals surface area contributed by atoms with Crippen molar-refractivity contribution < 1.29 is 32.1 Å². The number of nitrogens with zero attached hydrogens (tertiary/aromatic N) is 1. The van der Waals surface area contributed by atoms with E-state index in [9.17, 15) is 32.5 Å². The van der Waals surface area contributed by atoms with Crippen molar-refractivity contribution >= 4 is 33.2 Å². The van der Waals surface area contributed by atoms with Crippen LogP contribution in [-0.2, 0) is 10.0 Å². The Labute approximate surface area is 192 Å². The number of carbonyl (C=O) groups is 2. The molecule has 13 heteroatoms. The number of non-ortho nitro benzene ring substituents is 1. The van der Waals surface area contributed by atoms with Gasteiger partial charge in [0.2, 0.25) is 0 Å². The molecule has 3 rings (SSSR count). The standard InChI is InChI=1S/C21H17FN4O7S/c1-33-19-10-9-16(26(29)30)12-18(19)25-34(31,32)17-4-2-3-14(11-17)21(28)24-23-20(27)13-5-7-15(22)8-6-13/h2-12,25H,1H3,(H,23,27)(H,24,28). The number of halogens is 1. The third kappa shape index (κ3) is 5.63. The van der Waals surface area contributed by atoms with E-state index in [1.54, 1.807) is 0 Å². The van der Waals surface area contributed by atoms with E-state index in [2.05, 4.69) is 15.6 Å². The van der Waals surface area contributed by atoms with Crippen molar-refractivity contribution in [3.63, 3.8) is 0 Å². The molecule has 0 heterocycles. The maximum atomic E-state index is 13.0. The monoisotopic (exact) mass is 488 g/mol. The van der Waals surface area contributed by atoms with Gasteiger partial charge in [-0.2, -0.15) is 0 Å². The first kappa shape index (κ1) is 24.1. The molecule has 0 radical (unpaired) electrons. The zero-order chi connectivity index (χ0) is 24.9. The lowest BCUT2D eigenvalue weighted by Crippen LogP contribution is -2.41. The highest BCUT2D eigenvalue weighted by Crippen LogP contribution is 2.31. The first-order valence-electron chi connectivity index (χ1n) is 9.42. The van der Waals surface area contributed by atoms with Crippen molar-refractivity contribution in [1.29, 1.82) is 0 Å². The molecule has 0 aliphatic carbocycles. The van der Waals surface area contributed by atoms with Crippen LogP contribution in [0.25, 0.3) is 0 Å². The fourth-order valence-corrected chi connectivity index (χ4v) is 3.86. The summed E-state index contributed by atoms with van der Waals surface area (Å²) in [6.07, 6.45) is 0. The molecule has 0 spiro atoms. The fourth-order valence-electron chi connectivity index (χ4n) is 2.76. The molecule has 3 aromatic carbocycles. The largest absolute Gasteiger partial charge is 0.495 e. The summed E-state index contributed by atoms with van der Waals surface area (Å²) in [5.74, 6) is -2.02. The van der Waals surface area contributed by atoms with E-state index in [4.69, 9.17) is 4.74 Å². The van der Waals surface area contributed by atoms with Crippen LogP contribution in [0.3, 0.4) is 0 Å². The van der Waals surface area contributed by atoms with Gasteiger partial charge in [0.25, 0.3) is 27.5 Å². The van der Waals surface area contributed by atoms with Crippen LogP contribution < -0.4 is 20.3 Å². The lowest BCUT2D eigenvalue weighted by Gasteiger charge is -2.12. The molecule has 3 aromatic rings. The molecular weight excluding hydrogens is 471 g/mol. The minimum absolute atomic E-state index is 0.0478. The maximum Gasteiger partial charge on any atom is 0.271 e. The highest BCUT2D eigenvalue weighted by atomic mass is 32.2. The molecule has 176 valence electrons. The number of carbonyl (C=O) groups excluding carboxylic acids is 2. The van der Waals surface area contributed by atoms with Gasteiger partial charge >= 0.3 is 0 Å². The number of nitrogens with one attached hydrogen (secondary N) is 3. The summed E-state index contributed by atoms with van der Waals surface area (Å²) >= 11 is 0. The Kier molecular flexibility index (Phi) is 7.06. The summed E-state index contributed by atoms with van der Waals surface area (Å²) in [6.45, 7) is 0. The average molecular weight is 488 g/mol. The average Bonchev–Trinajstić information content (AvgIpc) is 2.82. The molecular formula is C21H17FN4O7S. The van der Waals surface area contributed by atoms with Gasteiger partial charge in [-0.15, -0.1) is 0 Å². The van der Waals surface area contributed by atoms with Crippen molar-refractivity contribution in [3.05, 3.63) is 93.8 Å². The van der Waals surface area contributed by atoms with Crippen LogP contribution in [0, 0.1) is 15.9 Å². The molecule has 0 aliphatic rings. The highest BCUT2D eigenvalue weighted by Gasteiger charge is 2.21. The number of nitro groups is 1. The number of ether oxygens (including phenoxy) is 1. The summed E-state index contributed by atoms with van der Waals surface area (Å²) in [5, 5.41) is 11.0. The van der Waals surface area contributed by atoms with Crippen LogP contribution in [-0.4, -0.2) is 32.3 Å². The van der Waals surface area contributed by atoms with Crippen LogP contribution in [0.4, 0.5) is 15.8 Å². The number of anilines is 1. The number of nitro benzene ring substituents is 1. The second kappa shape index (κ2) is 9.95. The van der Waals surface area contributed by atoms with Crippen molar-refractivity contribution in [1.82, 2.24) is 10.9 Å². The van der Waals surface area contributed by atoms with Crippen molar-refractivity contribution in [2.24, 2.45) is 0 Å². The Bertz CT molecular complexity index is 1360. The van der Waals surface area contributed by atoms with Gasteiger partial charge in [-0.25, -0.2) is 12.8 Å². The Morgan fingerprint density at radius 2 is 1.59 bits per heavy atom. The second-order valence-corrected chi connectivity index (χ2v) is 8.37. The summed E-state index contributed by atoms with van der Waals surface area (Å²) in [7, 11) is -3.01. The van der Waals surface area contributed by atoms with E-state index < -0.39 is 32.6 Å².